The number of halogens is 2. The molecule has 0 saturated heterocycles. The van der Waals surface area contributed by atoms with Gasteiger partial charge in [0, 0.05) is 21.2 Å². The second-order valence-corrected chi connectivity index (χ2v) is 4.59. The van der Waals surface area contributed by atoms with Gasteiger partial charge in [0.05, 0.1) is 5.69 Å². The van der Waals surface area contributed by atoms with Crippen molar-refractivity contribution < 1.29 is 5.11 Å². The standard InChI is InChI=1S/C12H9BrClNO/c13-11-3-1-2-4-12(11)15-9-5-8(14)6-10(16)7-9/h1-7,15-16H. The second kappa shape index (κ2) is 4.76. The van der Waals surface area contributed by atoms with E-state index in [0.29, 0.717) is 5.02 Å². The van der Waals surface area contributed by atoms with Crippen molar-refractivity contribution in [3.8, 4) is 5.75 Å². The van der Waals surface area contributed by atoms with Crippen LogP contribution in [0.25, 0.3) is 0 Å². The van der Waals surface area contributed by atoms with Gasteiger partial charge in [-0.3, -0.25) is 0 Å². The highest BCUT2D eigenvalue weighted by atomic mass is 79.9. The fraction of sp³-hybridized carbons (Fsp3) is 0. The van der Waals surface area contributed by atoms with Gasteiger partial charge in [0.15, 0.2) is 0 Å². The molecule has 0 bridgehead atoms. The maximum absolute atomic E-state index is 9.41. The Kier molecular flexibility index (Phi) is 3.36. The van der Waals surface area contributed by atoms with Crippen molar-refractivity contribution in [1.29, 1.82) is 0 Å². The summed E-state index contributed by atoms with van der Waals surface area (Å²) in [6.07, 6.45) is 0. The number of hydrogen-bond donors (Lipinski definition) is 2. The summed E-state index contributed by atoms with van der Waals surface area (Å²) in [4.78, 5) is 0. The van der Waals surface area contributed by atoms with Gasteiger partial charge in [-0.1, -0.05) is 23.7 Å². The molecule has 2 nitrogen and oxygen atoms in total. The van der Waals surface area contributed by atoms with Crippen LogP contribution >= 0.6 is 27.5 Å². The van der Waals surface area contributed by atoms with E-state index < -0.39 is 0 Å². The maximum Gasteiger partial charge on any atom is 0.119 e. The summed E-state index contributed by atoms with van der Waals surface area (Å²) in [7, 11) is 0. The fourth-order valence-electron chi connectivity index (χ4n) is 1.36. The van der Waals surface area contributed by atoms with Crippen LogP contribution in [0.15, 0.2) is 46.9 Å². The van der Waals surface area contributed by atoms with Crippen LogP contribution in [0, 0.1) is 0 Å². The Hall–Kier alpha value is -1.19. The Labute approximate surface area is 107 Å². The van der Waals surface area contributed by atoms with E-state index in [4.69, 9.17) is 11.6 Å². The SMILES string of the molecule is Oc1cc(Cl)cc(Nc2ccccc2Br)c1. The van der Waals surface area contributed by atoms with Crippen LogP contribution in [0.2, 0.25) is 5.02 Å². The van der Waals surface area contributed by atoms with Gasteiger partial charge in [-0.2, -0.15) is 0 Å². The largest absolute Gasteiger partial charge is 0.508 e. The smallest absolute Gasteiger partial charge is 0.119 e. The molecule has 4 heteroatoms. The molecule has 0 saturated carbocycles. The quantitative estimate of drug-likeness (QED) is 0.852. The zero-order chi connectivity index (χ0) is 11.5. The highest BCUT2D eigenvalue weighted by molar-refractivity contribution is 9.10. The van der Waals surface area contributed by atoms with Gasteiger partial charge in [-0.05, 0) is 40.2 Å². The Morgan fingerprint density at radius 3 is 2.56 bits per heavy atom. The van der Waals surface area contributed by atoms with Gasteiger partial charge in [0.2, 0.25) is 0 Å². The van der Waals surface area contributed by atoms with E-state index in [1.807, 2.05) is 24.3 Å². The molecule has 2 N–H and O–H groups in total. The zero-order valence-corrected chi connectivity index (χ0v) is 10.6. The number of aromatic hydroxyl groups is 1. The Bertz CT molecular complexity index is 496. The molecule has 0 aliphatic rings. The van der Waals surface area contributed by atoms with E-state index in [1.54, 1.807) is 12.1 Å². The van der Waals surface area contributed by atoms with Crippen molar-refractivity contribution in [3.63, 3.8) is 0 Å². The summed E-state index contributed by atoms with van der Waals surface area (Å²) in [6.45, 7) is 0. The van der Waals surface area contributed by atoms with E-state index in [1.165, 1.54) is 6.07 Å². The van der Waals surface area contributed by atoms with Crippen LogP contribution in [0.4, 0.5) is 11.4 Å². The number of para-hydroxylation sites is 1. The van der Waals surface area contributed by atoms with Gasteiger partial charge < -0.3 is 10.4 Å². The molecule has 0 unspecified atom stereocenters. The number of nitrogens with one attached hydrogen (secondary N) is 1. The molecular formula is C12H9BrClNO. The Balaban J connectivity index is 2.30. The molecule has 0 amide bonds. The Morgan fingerprint density at radius 2 is 1.88 bits per heavy atom. The molecule has 2 rings (SSSR count). The summed E-state index contributed by atoms with van der Waals surface area (Å²) < 4.78 is 0.953. The third kappa shape index (κ3) is 2.68. The molecular weight excluding hydrogens is 289 g/mol. The number of hydrogen-bond acceptors (Lipinski definition) is 2. The lowest BCUT2D eigenvalue weighted by atomic mass is 10.2. The molecule has 0 heterocycles. The van der Waals surface area contributed by atoms with Crippen molar-refractivity contribution in [3.05, 3.63) is 52.0 Å². The van der Waals surface area contributed by atoms with Gasteiger partial charge in [-0.25, -0.2) is 0 Å². The van der Waals surface area contributed by atoms with E-state index in [-0.39, 0.29) is 5.75 Å². The number of rotatable bonds is 2. The summed E-state index contributed by atoms with van der Waals surface area (Å²) in [5, 5.41) is 13.1. The molecule has 0 radical (unpaired) electrons. The monoisotopic (exact) mass is 297 g/mol. The van der Waals surface area contributed by atoms with Gasteiger partial charge >= 0.3 is 0 Å². The normalized spacial score (nSPS) is 10.1. The van der Waals surface area contributed by atoms with Crippen LogP contribution in [-0.4, -0.2) is 5.11 Å². The molecule has 0 aromatic heterocycles. The predicted molar refractivity (Wildman–Crippen MR) is 70.5 cm³/mol. The first-order chi connectivity index (χ1) is 7.65. The lowest BCUT2D eigenvalue weighted by molar-refractivity contribution is 0.475. The number of anilines is 2. The molecule has 0 spiro atoms. The molecule has 0 fully saturated rings. The van der Waals surface area contributed by atoms with Crippen molar-refractivity contribution in [2.45, 2.75) is 0 Å². The van der Waals surface area contributed by atoms with Crippen LogP contribution in [0.3, 0.4) is 0 Å². The molecule has 82 valence electrons. The average Bonchev–Trinajstić information content (AvgIpc) is 2.20. The van der Waals surface area contributed by atoms with Gasteiger partial charge in [0.1, 0.15) is 5.75 Å². The first-order valence-electron chi connectivity index (χ1n) is 4.66. The van der Waals surface area contributed by atoms with Crippen molar-refractivity contribution in [1.82, 2.24) is 0 Å². The van der Waals surface area contributed by atoms with E-state index in [2.05, 4.69) is 21.2 Å². The summed E-state index contributed by atoms with van der Waals surface area (Å²) in [6, 6.07) is 12.6. The van der Waals surface area contributed by atoms with Crippen molar-refractivity contribution >= 4 is 38.9 Å². The highest BCUT2D eigenvalue weighted by Gasteiger charge is 2.01. The van der Waals surface area contributed by atoms with Crippen LogP contribution < -0.4 is 5.32 Å². The highest BCUT2D eigenvalue weighted by Crippen LogP contribution is 2.29. The second-order valence-electron chi connectivity index (χ2n) is 3.30. The zero-order valence-electron chi connectivity index (χ0n) is 8.24. The topological polar surface area (TPSA) is 32.3 Å². The van der Waals surface area contributed by atoms with E-state index in [9.17, 15) is 5.11 Å². The average molecular weight is 299 g/mol. The minimum atomic E-state index is 0.141. The van der Waals surface area contributed by atoms with Crippen molar-refractivity contribution in [2.24, 2.45) is 0 Å². The van der Waals surface area contributed by atoms with Gasteiger partial charge in [0.25, 0.3) is 0 Å². The number of phenols is 1. The lowest BCUT2D eigenvalue weighted by Crippen LogP contribution is -1.90. The van der Waals surface area contributed by atoms with E-state index >= 15 is 0 Å². The predicted octanol–water partition coefficient (Wildman–Crippen LogP) is 4.55. The first-order valence-corrected chi connectivity index (χ1v) is 5.83. The number of phenolic OH excluding ortho intramolecular Hbond substituents is 1. The summed E-state index contributed by atoms with van der Waals surface area (Å²) in [5.74, 6) is 0.141. The van der Waals surface area contributed by atoms with E-state index in [0.717, 1.165) is 15.8 Å². The minimum absolute atomic E-state index is 0.141. The third-order valence-corrected chi connectivity index (χ3v) is 2.95. The summed E-state index contributed by atoms with van der Waals surface area (Å²) in [5.41, 5.74) is 1.67. The van der Waals surface area contributed by atoms with Crippen molar-refractivity contribution in [2.75, 3.05) is 5.32 Å². The molecule has 0 aliphatic carbocycles. The van der Waals surface area contributed by atoms with Crippen LogP contribution in [0.1, 0.15) is 0 Å². The fourth-order valence-corrected chi connectivity index (χ4v) is 1.98. The maximum atomic E-state index is 9.41. The third-order valence-electron chi connectivity index (χ3n) is 2.04. The van der Waals surface area contributed by atoms with Crippen LogP contribution in [0.5, 0.6) is 5.75 Å². The number of benzene rings is 2. The lowest BCUT2D eigenvalue weighted by Gasteiger charge is -2.09. The molecule has 0 atom stereocenters. The molecule has 16 heavy (non-hydrogen) atoms. The Morgan fingerprint density at radius 1 is 1.12 bits per heavy atom. The van der Waals surface area contributed by atoms with Gasteiger partial charge in [-0.15, -0.1) is 0 Å². The molecule has 0 aliphatic heterocycles. The molecule has 2 aromatic carbocycles. The van der Waals surface area contributed by atoms with Crippen LogP contribution in [-0.2, 0) is 0 Å². The summed E-state index contributed by atoms with van der Waals surface area (Å²) >= 11 is 9.28. The minimum Gasteiger partial charge on any atom is -0.508 e. The first kappa shape index (κ1) is 11.3. The molecule has 2 aromatic rings.